The Hall–Kier alpha value is -1.95. The number of anilines is 1. The van der Waals surface area contributed by atoms with Gasteiger partial charge in [0.1, 0.15) is 23.3 Å². The number of rotatable bonds is 2. The molecule has 0 spiro atoms. The van der Waals surface area contributed by atoms with Crippen molar-refractivity contribution in [2.24, 2.45) is 5.84 Å². The monoisotopic (exact) mass is 260 g/mol. The maximum atomic E-state index is 5.56. The average molecular weight is 260 g/mol. The molecule has 0 radical (unpaired) electrons. The van der Waals surface area contributed by atoms with Gasteiger partial charge in [-0.1, -0.05) is 20.8 Å². The van der Waals surface area contributed by atoms with Crippen LogP contribution in [-0.2, 0) is 5.41 Å². The Kier molecular flexibility index (Phi) is 3.28. The Bertz CT molecular complexity index is 594. The molecule has 19 heavy (non-hydrogen) atoms. The first-order valence-corrected chi connectivity index (χ1v) is 6.20. The average Bonchev–Trinajstić information content (AvgIpc) is 2.74. The summed E-state index contributed by atoms with van der Waals surface area (Å²) in [6.07, 6.45) is 3.64. The molecule has 0 bridgehead atoms. The van der Waals surface area contributed by atoms with E-state index in [1.54, 1.807) is 6.20 Å². The van der Waals surface area contributed by atoms with Crippen LogP contribution in [0.15, 0.2) is 12.4 Å². The fraction of sp³-hybridized carbons (Fsp3) is 0.462. The molecule has 0 saturated carbocycles. The van der Waals surface area contributed by atoms with E-state index in [9.17, 15) is 0 Å². The third-order valence-electron chi connectivity index (χ3n) is 2.98. The number of hydrogen-bond donors (Lipinski definition) is 2. The molecule has 0 unspecified atom stereocenters. The van der Waals surface area contributed by atoms with Crippen molar-refractivity contribution in [2.45, 2.75) is 40.0 Å². The molecule has 2 rings (SSSR count). The summed E-state index contributed by atoms with van der Waals surface area (Å²) < 4.78 is 1.94. The van der Waals surface area contributed by atoms with E-state index >= 15 is 0 Å². The van der Waals surface area contributed by atoms with Crippen LogP contribution in [0.1, 0.15) is 38.0 Å². The summed E-state index contributed by atoms with van der Waals surface area (Å²) in [6.45, 7) is 10.1. The van der Waals surface area contributed by atoms with Gasteiger partial charge in [0, 0.05) is 23.4 Å². The lowest BCUT2D eigenvalue weighted by atomic mass is 9.95. The Morgan fingerprint density at radius 2 is 1.89 bits per heavy atom. The van der Waals surface area contributed by atoms with E-state index in [-0.39, 0.29) is 5.41 Å². The molecule has 102 valence electrons. The molecule has 0 fully saturated rings. The van der Waals surface area contributed by atoms with Crippen LogP contribution in [0.2, 0.25) is 0 Å². The lowest BCUT2D eigenvalue weighted by Crippen LogP contribution is -2.21. The Labute approximate surface area is 113 Å². The van der Waals surface area contributed by atoms with E-state index in [1.165, 1.54) is 0 Å². The highest BCUT2D eigenvalue weighted by molar-refractivity contribution is 5.51. The number of aromatic nitrogens is 4. The number of nitrogens with one attached hydrogen (secondary N) is 1. The third-order valence-corrected chi connectivity index (χ3v) is 2.98. The van der Waals surface area contributed by atoms with Crippen molar-refractivity contribution in [1.82, 2.24) is 19.5 Å². The Balaban J connectivity index is 2.70. The highest BCUT2D eigenvalue weighted by atomic mass is 15.3. The summed E-state index contributed by atoms with van der Waals surface area (Å²) in [5.41, 5.74) is 3.39. The van der Waals surface area contributed by atoms with Crippen molar-refractivity contribution in [3.05, 3.63) is 29.6 Å². The minimum absolute atomic E-state index is 0.150. The molecule has 0 atom stereocenters. The van der Waals surface area contributed by atoms with E-state index in [4.69, 9.17) is 5.84 Å². The normalized spacial score (nSPS) is 11.7. The lowest BCUT2D eigenvalue weighted by molar-refractivity contribution is 0.543. The molecule has 0 saturated heterocycles. The van der Waals surface area contributed by atoms with Crippen molar-refractivity contribution >= 4 is 5.82 Å². The second kappa shape index (κ2) is 4.62. The van der Waals surface area contributed by atoms with Gasteiger partial charge in [-0.05, 0) is 13.8 Å². The van der Waals surface area contributed by atoms with Crippen LogP contribution in [0.25, 0.3) is 5.82 Å². The summed E-state index contributed by atoms with van der Waals surface area (Å²) in [5.74, 6) is 8.63. The number of nitrogen functional groups attached to an aromatic ring is 1. The quantitative estimate of drug-likeness (QED) is 0.636. The van der Waals surface area contributed by atoms with Crippen molar-refractivity contribution in [1.29, 1.82) is 0 Å². The van der Waals surface area contributed by atoms with Crippen LogP contribution in [0.4, 0.5) is 5.82 Å². The Morgan fingerprint density at radius 3 is 2.37 bits per heavy atom. The minimum atomic E-state index is -0.150. The Morgan fingerprint density at radius 1 is 1.21 bits per heavy atom. The van der Waals surface area contributed by atoms with E-state index in [2.05, 4.69) is 41.1 Å². The number of hydrogen-bond acceptors (Lipinski definition) is 5. The molecule has 2 aromatic heterocycles. The van der Waals surface area contributed by atoms with Gasteiger partial charge in [0.15, 0.2) is 0 Å². The molecule has 0 aliphatic heterocycles. The first-order chi connectivity index (χ1) is 8.84. The largest absolute Gasteiger partial charge is 0.308 e. The van der Waals surface area contributed by atoms with E-state index < -0.39 is 0 Å². The van der Waals surface area contributed by atoms with Crippen molar-refractivity contribution in [2.75, 3.05) is 5.43 Å². The van der Waals surface area contributed by atoms with Gasteiger partial charge in [0.25, 0.3) is 0 Å². The number of aryl methyl sites for hydroxylation is 1. The topological polar surface area (TPSA) is 81.6 Å². The summed E-state index contributed by atoms with van der Waals surface area (Å²) >= 11 is 0. The van der Waals surface area contributed by atoms with Gasteiger partial charge in [0.05, 0.1) is 0 Å². The number of nitrogens with two attached hydrogens (primary N) is 1. The first kappa shape index (κ1) is 13.5. The first-order valence-electron chi connectivity index (χ1n) is 6.20. The maximum absolute atomic E-state index is 5.56. The van der Waals surface area contributed by atoms with Gasteiger partial charge in [-0.25, -0.2) is 20.8 Å². The molecule has 0 amide bonds. The smallest absolute Gasteiger partial charge is 0.148 e. The standard InChI is InChI=1S/C13H20N6/c1-8-10(18-14)16-12(13(3,4)5)17-11(8)19-7-6-15-9(19)2/h6-7H,14H2,1-5H3,(H,16,17,18). The zero-order valence-electron chi connectivity index (χ0n) is 12.0. The molecule has 0 aromatic carbocycles. The molecule has 2 heterocycles. The minimum Gasteiger partial charge on any atom is -0.308 e. The van der Waals surface area contributed by atoms with E-state index in [1.807, 2.05) is 24.6 Å². The second-order valence-electron chi connectivity index (χ2n) is 5.58. The van der Waals surface area contributed by atoms with Crippen molar-refractivity contribution in [3.8, 4) is 5.82 Å². The molecule has 2 aromatic rings. The van der Waals surface area contributed by atoms with E-state index in [0.29, 0.717) is 5.82 Å². The zero-order valence-corrected chi connectivity index (χ0v) is 12.0. The molecule has 6 nitrogen and oxygen atoms in total. The number of imidazole rings is 1. The highest BCUT2D eigenvalue weighted by Gasteiger charge is 2.22. The molecular weight excluding hydrogens is 240 g/mol. The summed E-state index contributed by atoms with van der Waals surface area (Å²) in [7, 11) is 0. The van der Waals surface area contributed by atoms with Gasteiger partial charge >= 0.3 is 0 Å². The second-order valence-corrected chi connectivity index (χ2v) is 5.58. The van der Waals surface area contributed by atoms with Crippen LogP contribution in [0.5, 0.6) is 0 Å². The predicted molar refractivity (Wildman–Crippen MR) is 75.1 cm³/mol. The van der Waals surface area contributed by atoms with Crippen LogP contribution in [0, 0.1) is 13.8 Å². The summed E-state index contributed by atoms with van der Waals surface area (Å²) in [4.78, 5) is 13.4. The van der Waals surface area contributed by atoms with Gasteiger partial charge in [0.2, 0.25) is 0 Å². The van der Waals surface area contributed by atoms with Crippen molar-refractivity contribution in [3.63, 3.8) is 0 Å². The molecule has 6 heteroatoms. The van der Waals surface area contributed by atoms with Gasteiger partial charge in [-0.3, -0.25) is 4.57 Å². The van der Waals surface area contributed by atoms with Crippen LogP contribution in [0.3, 0.4) is 0 Å². The van der Waals surface area contributed by atoms with Gasteiger partial charge in [-0.2, -0.15) is 0 Å². The number of hydrazine groups is 1. The van der Waals surface area contributed by atoms with Gasteiger partial charge in [-0.15, -0.1) is 0 Å². The predicted octanol–water partition coefficient (Wildman–Crippen LogP) is 1.86. The fourth-order valence-electron chi connectivity index (χ4n) is 1.82. The van der Waals surface area contributed by atoms with Gasteiger partial charge < -0.3 is 5.43 Å². The lowest BCUT2D eigenvalue weighted by Gasteiger charge is -2.20. The molecule has 0 aliphatic carbocycles. The molecule has 0 aliphatic rings. The zero-order chi connectivity index (χ0) is 14.2. The van der Waals surface area contributed by atoms with Crippen LogP contribution < -0.4 is 11.3 Å². The summed E-state index contributed by atoms with van der Waals surface area (Å²) in [5, 5.41) is 0. The highest BCUT2D eigenvalue weighted by Crippen LogP contribution is 2.25. The molecular formula is C13H20N6. The van der Waals surface area contributed by atoms with Crippen molar-refractivity contribution < 1.29 is 0 Å². The fourth-order valence-corrected chi connectivity index (χ4v) is 1.82. The third kappa shape index (κ3) is 2.44. The van der Waals surface area contributed by atoms with Crippen LogP contribution in [-0.4, -0.2) is 19.5 Å². The summed E-state index contributed by atoms with van der Waals surface area (Å²) in [6, 6.07) is 0. The molecule has 3 N–H and O–H groups in total. The maximum Gasteiger partial charge on any atom is 0.148 e. The van der Waals surface area contributed by atoms with E-state index in [0.717, 1.165) is 23.0 Å². The SMILES string of the molecule is Cc1c(NN)nc(C(C)(C)C)nc1-n1ccnc1C. The number of nitrogens with zero attached hydrogens (tertiary/aromatic N) is 4. The van der Waals surface area contributed by atoms with Crippen LogP contribution >= 0.6 is 0 Å².